The summed E-state index contributed by atoms with van der Waals surface area (Å²) in [5.41, 5.74) is 0. The summed E-state index contributed by atoms with van der Waals surface area (Å²) >= 11 is 0. The summed E-state index contributed by atoms with van der Waals surface area (Å²) in [5.74, 6) is 0. The van der Waals surface area contributed by atoms with Crippen LogP contribution in [0.2, 0.25) is 0 Å². The van der Waals surface area contributed by atoms with Crippen LogP contribution < -0.4 is 5.32 Å². The van der Waals surface area contributed by atoms with Crippen molar-refractivity contribution in [3.05, 3.63) is 0 Å². The average Bonchev–Trinajstić information content (AvgIpc) is 1.98. The molecule has 0 heterocycles. The van der Waals surface area contributed by atoms with E-state index in [9.17, 15) is 0 Å². The van der Waals surface area contributed by atoms with Gasteiger partial charge in [-0.2, -0.15) is 0 Å². The Morgan fingerprint density at radius 1 is 1.42 bits per heavy atom. The predicted octanol–water partition coefficient (Wildman–Crippen LogP) is 0.563. The smallest absolute Gasteiger partial charge is 0.0613 e. The number of nitrogens with one attached hydrogen (secondary N) is 1. The first-order valence-electron chi connectivity index (χ1n) is 4.54. The van der Waals surface area contributed by atoms with Gasteiger partial charge < -0.3 is 15.0 Å². The second kappa shape index (κ2) is 7.53. The van der Waals surface area contributed by atoms with Crippen LogP contribution in [-0.4, -0.2) is 51.8 Å². The lowest BCUT2D eigenvalue weighted by Gasteiger charge is -2.14. The largest absolute Gasteiger partial charge is 0.383 e. The highest BCUT2D eigenvalue weighted by Crippen LogP contribution is 1.85. The van der Waals surface area contributed by atoms with Gasteiger partial charge in [-0.1, -0.05) is 0 Å². The first kappa shape index (κ1) is 11.9. The van der Waals surface area contributed by atoms with Crippen molar-refractivity contribution >= 4 is 0 Å². The summed E-state index contributed by atoms with van der Waals surface area (Å²) in [5, 5.41) is 3.39. The Kier molecular flexibility index (Phi) is 7.45. The predicted molar refractivity (Wildman–Crippen MR) is 52.5 cm³/mol. The van der Waals surface area contributed by atoms with Crippen molar-refractivity contribution in [1.29, 1.82) is 0 Å². The average molecular weight is 174 g/mol. The molecule has 0 bridgehead atoms. The lowest BCUT2D eigenvalue weighted by atomic mass is 10.3. The Balaban J connectivity index is 3.08. The van der Waals surface area contributed by atoms with Crippen LogP contribution in [0.3, 0.4) is 0 Å². The molecule has 3 nitrogen and oxygen atoms in total. The summed E-state index contributed by atoms with van der Waals surface area (Å²) in [4.78, 5) is 2.20. The fourth-order valence-electron chi connectivity index (χ4n) is 1.05. The van der Waals surface area contributed by atoms with Gasteiger partial charge in [-0.3, -0.25) is 0 Å². The number of nitrogens with zero attached hydrogens (tertiary/aromatic N) is 1. The standard InChI is InChI=1S/C9H22N2O/c1-9(8-12-4)10-6-5-7-11(2)3/h9-10H,5-8H2,1-4H3. The number of methoxy groups -OCH3 is 1. The maximum Gasteiger partial charge on any atom is 0.0613 e. The molecule has 3 heteroatoms. The van der Waals surface area contributed by atoms with Gasteiger partial charge in [0.15, 0.2) is 0 Å². The van der Waals surface area contributed by atoms with Gasteiger partial charge in [-0.05, 0) is 40.5 Å². The minimum absolute atomic E-state index is 0.470. The molecule has 0 aliphatic heterocycles. The molecule has 0 aliphatic rings. The second-order valence-corrected chi connectivity index (χ2v) is 3.47. The molecule has 0 amide bonds. The van der Waals surface area contributed by atoms with Gasteiger partial charge in [0.05, 0.1) is 6.61 Å². The van der Waals surface area contributed by atoms with Crippen molar-refractivity contribution in [2.75, 3.05) is 40.9 Å². The number of hydrogen-bond acceptors (Lipinski definition) is 3. The highest BCUT2D eigenvalue weighted by molar-refractivity contribution is 4.59. The van der Waals surface area contributed by atoms with Crippen molar-refractivity contribution in [3.8, 4) is 0 Å². The topological polar surface area (TPSA) is 24.5 Å². The summed E-state index contributed by atoms with van der Waals surface area (Å²) in [6.07, 6.45) is 1.20. The third-order valence-electron chi connectivity index (χ3n) is 1.69. The van der Waals surface area contributed by atoms with E-state index in [2.05, 4.69) is 31.2 Å². The van der Waals surface area contributed by atoms with Gasteiger partial charge in [-0.25, -0.2) is 0 Å². The first-order chi connectivity index (χ1) is 5.66. The number of hydrogen-bond donors (Lipinski definition) is 1. The highest BCUT2D eigenvalue weighted by Gasteiger charge is 1.98. The molecule has 1 N–H and O–H groups in total. The molecule has 0 aromatic carbocycles. The summed E-state index contributed by atoms with van der Waals surface area (Å²) < 4.78 is 5.01. The van der Waals surface area contributed by atoms with Crippen LogP contribution in [0, 0.1) is 0 Å². The van der Waals surface area contributed by atoms with Gasteiger partial charge in [0.1, 0.15) is 0 Å². The van der Waals surface area contributed by atoms with E-state index in [1.54, 1.807) is 7.11 Å². The Morgan fingerprint density at radius 3 is 2.58 bits per heavy atom. The zero-order chi connectivity index (χ0) is 9.40. The Bertz CT molecular complexity index is 96.5. The normalized spacial score (nSPS) is 13.8. The molecule has 0 saturated carbocycles. The zero-order valence-electron chi connectivity index (χ0n) is 8.76. The molecule has 12 heavy (non-hydrogen) atoms. The van der Waals surface area contributed by atoms with E-state index in [4.69, 9.17) is 4.74 Å². The first-order valence-corrected chi connectivity index (χ1v) is 4.54. The van der Waals surface area contributed by atoms with E-state index in [0.717, 1.165) is 19.7 Å². The molecule has 0 rings (SSSR count). The van der Waals surface area contributed by atoms with Crippen LogP contribution in [0.25, 0.3) is 0 Å². The molecule has 0 radical (unpaired) electrons. The van der Waals surface area contributed by atoms with Crippen molar-refractivity contribution in [2.45, 2.75) is 19.4 Å². The van der Waals surface area contributed by atoms with Crippen LogP contribution in [-0.2, 0) is 4.74 Å². The Labute approximate surface area is 76.1 Å². The van der Waals surface area contributed by atoms with Crippen molar-refractivity contribution in [1.82, 2.24) is 10.2 Å². The molecular formula is C9H22N2O. The van der Waals surface area contributed by atoms with Crippen molar-refractivity contribution in [2.24, 2.45) is 0 Å². The summed E-state index contributed by atoms with van der Waals surface area (Å²) in [6, 6.07) is 0.470. The van der Waals surface area contributed by atoms with Crippen LogP contribution >= 0.6 is 0 Å². The van der Waals surface area contributed by atoms with Crippen LogP contribution in [0.4, 0.5) is 0 Å². The molecule has 1 unspecified atom stereocenters. The minimum Gasteiger partial charge on any atom is -0.383 e. The molecule has 0 aromatic heterocycles. The van der Waals surface area contributed by atoms with Gasteiger partial charge in [0, 0.05) is 13.2 Å². The quantitative estimate of drug-likeness (QED) is 0.571. The Morgan fingerprint density at radius 2 is 2.08 bits per heavy atom. The second-order valence-electron chi connectivity index (χ2n) is 3.47. The molecule has 1 atom stereocenters. The molecule has 0 aliphatic carbocycles. The zero-order valence-corrected chi connectivity index (χ0v) is 8.76. The van der Waals surface area contributed by atoms with Crippen molar-refractivity contribution < 1.29 is 4.74 Å². The number of ether oxygens (including phenoxy) is 1. The van der Waals surface area contributed by atoms with Crippen LogP contribution in [0.5, 0.6) is 0 Å². The molecular weight excluding hydrogens is 152 g/mol. The summed E-state index contributed by atoms with van der Waals surface area (Å²) in [6.45, 7) is 5.15. The maximum atomic E-state index is 5.01. The highest BCUT2D eigenvalue weighted by atomic mass is 16.5. The van der Waals surface area contributed by atoms with E-state index >= 15 is 0 Å². The van der Waals surface area contributed by atoms with E-state index in [1.807, 2.05) is 0 Å². The van der Waals surface area contributed by atoms with Crippen LogP contribution in [0.1, 0.15) is 13.3 Å². The van der Waals surface area contributed by atoms with Crippen molar-refractivity contribution in [3.63, 3.8) is 0 Å². The fourth-order valence-corrected chi connectivity index (χ4v) is 1.05. The molecule has 0 aromatic rings. The summed E-state index contributed by atoms with van der Waals surface area (Å²) in [7, 11) is 5.93. The van der Waals surface area contributed by atoms with E-state index in [0.29, 0.717) is 6.04 Å². The van der Waals surface area contributed by atoms with E-state index in [1.165, 1.54) is 6.42 Å². The lowest BCUT2D eigenvalue weighted by molar-refractivity contribution is 0.172. The third kappa shape index (κ3) is 7.98. The van der Waals surface area contributed by atoms with Gasteiger partial charge in [-0.15, -0.1) is 0 Å². The monoisotopic (exact) mass is 174 g/mol. The molecule has 0 spiro atoms. The minimum atomic E-state index is 0.470. The Hall–Kier alpha value is -0.120. The maximum absolute atomic E-state index is 5.01. The SMILES string of the molecule is COCC(C)NCCCN(C)C. The molecule has 74 valence electrons. The van der Waals surface area contributed by atoms with Crippen LogP contribution in [0.15, 0.2) is 0 Å². The van der Waals surface area contributed by atoms with Gasteiger partial charge in [0.2, 0.25) is 0 Å². The molecule has 0 fully saturated rings. The molecule has 0 saturated heterocycles. The van der Waals surface area contributed by atoms with Gasteiger partial charge >= 0.3 is 0 Å². The van der Waals surface area contributed by atoms with E-state index < -0.39 is 0 Å². The fraction of sp³-hybridized carbons (Fsp3) is 1.00. The van der Waals surface area contributed by atoms with Gasteiger partial charge in [0.25, 0.3) is 0 Å². The van der Waals surface area contributed by atoms with E-state index in [-0.39, 0.29) is 0 Å². The third-order valence-corrected chi connectivity index (χ3v) is 1.69. The number of rotatable bonds is 7. The lowest BCUT2D eigenvalue weighted by Crippen LogP contribution is -2.32.